The highest BCUT2D eigenvalue weighted by molar-refractivity contribution is 5.92. The average Bonchev–Trinajstić information content (AvgIpc) is 3.06. The predicted octanol–water partition coefficient (Wildman–Crippen LogP) is 2.71. The molecule has 0 saturated heterocycles. The zero-order chi connectivity index (χ0) is 18.0. The van der Waals surface area contributed by atoms with E-state index in [-0.39, 0.29) is 35.9 Å². The van der Waals surface area contributed by atoms with Crippen LogP contribution in [0.2, 0.25) is 0 Å². The maximum atomic E-state index is 12.8. The van der Waals surface area contributed by atoms with Gasteiger partial charge in [0.15, 0.2) is 5.69 Å². The Kier molecular flexibility index (Phi) is 6.25. The van der Waals surface area contributed by atoms with E-state index in [1.54, 1.807) is 0 Å². The summed E-state index contributed by atoms with van der Waals surface area (Å²) in [7, 11) is 0. The van der Waals surface area contributed by atoms with Crippen LogP contribution in [0, 0.1) is 0 Å². The van der Waals surface area contributed by atoms with E-state index in [1.807, 2.05) is 0 Å². The van der Waals surface area contributed by atoms with E-state index in [9.17, 15) is 18.0 Å². The SMILES string of the molecule is Cl.NC1CCC(NC(=O)c2cn(-c3cccc(C(F)(F)F)c3)nn2)CC1. The summed E-state index contributed by atoms with van der Waals surface area (Å²) in [6.07, 6.45) is 0.172. The molecule has 1 saturated carbocycles. The van der Waals surface area contributed by atoms with Gasteiger partial charge in [-0.05, 0) is 43.9 Å². The molecule has 0 bridgehead atoms. The lowest BCUT2D eigenvalue weighted by Crippen LogP contribution is -2.40. The van der Waals surface area contributed by atoms with Crippen molar-refractivity contribution in [2.75, 3.05) is 0 Å². The molecule has 1 aliphatic carbocycles. The third-order valence-electron chi connectivity index (χ3n) is 4.27. The molecule has 1 amide bonds. The second-order valence-electron chi connectivity index (χ2n) is 6.18. The molecular formula is C16H19ClF3N5O. The van der Waals surface area contributed by atoms with Crippen LogP contribution in [-0.2, 0) is 6.18 Å². The lowest BCUT2D eigenvalue weighted by molar-refractivity contribution is -0.137. The Morgan fingerprint density at radius 3 is 2.58 bits per heavy atom. The first kappa shape index (κ1) is 20.2. The molecule has 1 aromatic carbocycles. The average molecular weight is 390 g/mol. The van der Waals surface area contributed by atoms with Crippen LogP contribution in [-0.4, -0.2) is 33.0 Å². The Hall–Kier alpha value is -2.13. The number of amides is 1. The minimum absolute atomic E-state index is 0. The summed E-state index contributed by atoms with van der Waals surface area (Å²) in [6, 6.07) is 4.89. The van der Waals surface area contributed by atoms with E-state index in [0.717, 1.165) is 42.5 Å². The van der Waals surface area contributed by atoms with Gasteiger partial charge in [0, 0.05) is 12.1 Å². The van der Waals surface area contributed by atoms with E-state index < -0.39 is 17.6 Å². The summed E-state index contributed by atoms with van der Waals surface area (Å²) in [6.45, 7) is 0. The molecule has 26 heavy (non-hydrogen) atoms. The van der Waals surface area contributed by atoms with E-state index in [4.69, 9.17) is 5.73 Å². The molecule has 0 radical (unpaired) electrons. The molecule has 1 aromatic heterocycles. The molecule has 1 heterocycles. The van der Waals surface area contributed by atoms with Gasteiger partial charge in [-0.3, -0.25) is 4.79 Å². The van der Waals surface area contributed by atoms with Crippen molar-refractivity contribution < 1.29 is 18.0 Å². The third-order valence-corrected chi connectivity index (χ3v) is 4.27. The Balaban J connectivity index is 0.00000243. The highest BCUT2D eigenvalue weighted by Gasteiger charge is 2.30. The van der Waals surface area contributed by atoms with Gasteiger partial charge in [-0.2, -0.15) is 13.2 Å². The molecule has 10 heteroatoms. The van der Waals surface area contributed by atoms with Gasteiger partial charge < -0.3 is 11.1 Å². The summed E-state index contributed by atoms with van der Waals surface area (Å²) in [5.41, 5.74) is 5.29. The van der Waals surface area contributed by atoms with Crippen molar-refractivity contribution >= 4 is 18.3 Å². The number of benzene rings is 1. The van der Waals surface area contributed by atoms with Crippen molar-refractivity contribution in [2.45, 2.75) is 43.9 Å². The van der Waals surface area contributed by atoms with Gasteiger partial charge in [-0.25, -0.2) is 4.68 Å². The highest BCUT2D eigenvalue weighted by Crippen LogP contribution is 2.30. The third kappa shape index (κ3) is 4.73. The Bertz CT molecular complexity index is 756. The van der Waals surface area contributed by atoms with E-state index >= 15 is 0 Å². The Labute approximate surface area is 154 Å². The second kappa shape index (κ2) is 8.05. The van der Waals surface area contributed by atoms with Crippen molar-refractivity contribution in [1.29, 1.82) is 0 Å². The molecule has 0 atom stereocenters. The van der Waals surface area contributed by atoms with Crippen molar-refractivity contribution in [2.24, 2.45) is 5.73 Å². The molecule has 142 valence electrons. The van der Waals surface area contributed by atoms with Gasteiger partial charge in [0.25, 0.3) is 5.91 Å². The van der Waals surface area contributed by atoms with E-state index in [2.05, 4.69) is 15.6 Å². The summed E-state index contributed by atoms with van der Waals surface area (Å²) < 4.78 is 39.5. The summed E-state index contributed by atoms with van der Waals surface area (Å²) in [4.78, 5) is 12.2. The topological polar surface area (TPSA) is 85.8 Å². The quantitative estimate of drug-likeness (QED) is 0.845. The fourth-order valence-corrected chi connectivity index (χ4v) is 2.84. The van der Waals surface area contributed by atoms with Crippen LogP contribution in [0.1, 0.15) is 41.7 Å². The van der Waals surface area contributed by atoms with Crippen molar-refractivity contribution in [3.05, 3.63) is 41.7 Å². The zero-order valence-corrected chi connectivity index (χ0v) is 14.6. The van der Waals surface area contributed by atoms with E-state index in [0.29, 0.717) is 0 Å². The number of nitrogens with two attached hydrogens (primary N) is 1. The maximum absolute atomic E-state index is 12.8. The van der Waals surface area contributed by atoms with Crippen LogP contribution in [0.5, 0.6) is 0 Å². The number of carbonyl (C=O) groups excluding carboxylic acids is 1. The second-order valence-corrected chi connectivity index (χ2v) is 6.18. The van der Waals surface area contributed by atoms with Gasteiger partial charge in [0.1, 0.15) is 0 Å². The van der Waals surface area contributed by atoms with Crippen LogP contribution in [0.25, 0.3) is 5.69 Å². The smallest absolute Gasteiger partial charge is 0.348 e. The first-order valence-electron chi connectivity index (χ1n) is 7.99. The van der Waals surface area contributed by atoms with Crippen LogP contribution < -0.4 is 11.1 Å². The number of nitrogens with one attached hydrogen (secondary N) is 1. The molecule has 3 N–H and O–H groups in total. The van der Waals surface area contributed by atoms with Crippen LogP contribution in [0.15, 0.2) is 30.5 Å². The van der Waals surface area contributed by atoms with Gasteiger partial charge >= 0.3 is 6.18 Å². The van der Waals surface area contributed by atoms with Crippen molar-refractivity contribution in [1.82, 2.24) is 20.3 Å². The number of alkyl halides is 3. The van der Waals surface area contributed by atoms with Crippen LogP contribution >= 0.6 is 12.4 Å². The molecular weight excluding hydrogens is 371 g/mol. The van der Waals surface area contributed by atoms with Gasteiger partial charge in [-0.15, -0.1) is 17.5 Å². The summed E-state index contributed by atoms with van der Waals surface area (Å²) in [5, 5.41) is 10.4. The summed E-state index contributed by atoms with van der Waals surface area (Å²) >= 11 is 0. The van der Waals surface area contributed by atoms with Gasteiger partial charge in [0.05, 0.1) is 17.4 Å². The molecule has 1 aliphatic rings. The number of nitrogens with zero attached hydrogens (tertiary/aromatic N) is 3. The number of carbonyl (C=O) groups is 1. The molecule has 6 nitrogen and oxygen atoms in total. The monoisotopic (exact) mass is 389 g/mol. The number of hydrogen-bond donors (Lipinski definition) is 2. The van der Waals surface area contributed by atoms with Crippen LogP contribution in [0.4, 0.5) is 13.2 Å². The molecule has 0 spiro atoms. The van der Waals surface area contributed by atoms with Crippen LogP contribution in [0.3, 0.4) is 0 Å². The largest absolute Gasteiger partial charge is 0.416 e. The number of hydrogen-bond acceptors (Lipinski definition) is 4. The molecule has 0 unspecified atom stereocenters. The summed E-state index contributed by atoms with van der Waals surface area (Å²) in [5.74, 6) is -0.390. The van der Waals surface area contributed by atoms with Gasteiger partial charge in [-0.1, -0.05) is 11.3 Å². The lowest BCUT2D eigenvalue weighted by atomic mass is 9.92. The first-order valence-corrected chi connectivity index (χ1v) is 7.99. The maximum Gasteiger partial charge on any atom is 0.416 e. The lowest BCUT2D eigenvalue weighted by Gasteiger charge is -2.26. The van der Waals surface area contributed by atoms with E-state index in [1.165, 1.54) is 18.3 Å². The predicted molar refractivity (Wildman–Crippen MR) is 91.3 cm³/mol. The molecule has 0 aliphatic heterocycles. The molecule has 3 rings (SSSR count). The standard InChI is InChI=1S/C16H18F3N5O.ClH/c17-16(18,19)10-2-1-3-13(8-10)24-9-14(22-23-24)15(25)21-12-6-4-11(20)5-7-12;/h1-3,8-9,11-12H,4-7,20H2,(H,21,25);1H. The molecule has 2 aromatic rings. The minimum atomic E-state index is -4.45. The fourth-order valence-electron chi connectivity index (χ4n) is 2.84. The Morgan fingerprint density at radius 2 is 1.92 bits per heavy atom. The van der Waals surface area contributed by atoms with Crippen molar-refractivity contribution in [3.63, 3.8) is 0 Å². The Morgan fingerprint density at radius 1 is 1.23 bits per heavy atom. The number of rotatable bonds is 3. The van der Waals surface area contributed by atoms with Crippen molar-refractivity contribution in [3.8, 4) is 5.69 Å². The zero-order valence-electron chi connectivity index (χ0n) is 13.7. The highest BCUT2D eigenvalue weighted by atomic mass is 35.5. The number of halogens is 4. The number of aromatic nitrogens is 3. The van der Waals surface area contributed by atoms with Gasteiger partial charge in [0.2, 0.25) is 0 Å². The fraction of sp³-hybridized carbons (Fsp3) is 0.438. The minimum Gasteiger partial charge on any atom is -0.348 e. The first-order chi connectivity index (χ1) is 11.8. The normalized spacial score (nSPS) is 20.3. The molecule has 1 fully saturated rings.